The Bertz CT molecular complexity index is 3870. The lowest BCUT2D eigenvalue weighted by molar-refractivity contribution is 0.670. The molecule has 0 atom stereocenters. The largest absolute Gasteiger partial charge is 0.455 e. The molecule has 13 rings (SSSR count). The molecular weight excluding hydrogens is 741 g/mol. The molecule has 59 heavy (non-hydrogen) atoms. The Hall–Kier alpha value is -7.60. The van der Waals surface area contributed by atoms with Crippen LogP contribution in [0.1, 0.15) is 0 Å². The molecule has 0 unspecified atom stereocenters. The van der Waals surface area contributed by atoms with Gasteiger partial charge in [-0.3, -0.25) is 4.98 Å². The molecule has 4 heterocycles. The Morgan fingerprint density at radius 2 is 0.949 bits per heavy atom. The molecule has 0 aliphatic rings. The van der Waals surface area contributed by atoms with Gasteiger partial charge in [0.2, 0.25) is 0 Å². The molecule has 0 spiro atoms. The van der Waals surface area contributed by atoms with Crippen LogP contribution in [-0.4, -0.2) is 9.97 Å². The number of fused-ring (bicyclic) bond motifs is 13. The van der Waals surface area contributed by atoms with E-state index in [9.17, 15) is 0 Å². The molecule has 274 valence electrons. The molecule has 0 fully saturated rings. The molecule has 5 heteroatoms. The maximum atomic E-state index is 6.58. The second-order valence-corrected chi connectivity index (χ2v) is 16.3. The Kier molecular flexibility index (Phi) is 6.85. The summed E-state index contributed by atoms with van der Waals surface area (Å²) in [5, 5.41) is 10.5. The zero-order valence-electron chi connectivity index (χ0n) is 31.4. The van der Waals surface area contributed by atoms with E-state index in [0.29, 0.717) is 0 Å². The summed E-state index contributed by atoms with van der Waals surface area (Å²) in [6, 6.07) is 62.3. The van der Waals surface area contributed by atoms with Crippen LogP contribution in [0.2, 0.25) is 0 Å². The number of thiophene rings is 1. The van der Waals surface area contributed by atoms with Crippen molar-refractivity contribution < 1.29 is 8.83 Å². The summed E-state index contributed by atoms with van der Waals surface area (Å²) in [6.07, 6.45) is 1.91. The molecule has 0 amide bonds. The van der Waals surface area contributed by atoms with Crippen LogP contribution in [0.5, 0.6) is 0 Å². The number of para-hydroxylation sites is 2. The Morgan fingerprint density at radius 1 is 0.407 bits per heavy atom. The van der Waals surface area contributed by atoms with Gasteiger partial charge < -0.3 is 8.83 Å². The fraction of sp³-hybridized carbons (Fsp3) is 0. The number of nitrogens with zero attached hydrogens (tertiary/aromatic N) is 2. The van der Waals surface area contributed by atoms with E-state index in [0.717, 1.165) is 109 Å². The summed E-state index contributed by atoms with van der Waals surface area (Å²) >= 11 is 1.68. The molecular formula is C54H30N2O2S. The molecule has 0 radical (unpaired) electrons. The first-order valence-corrected chi connectivity index (χ1v) is 20.6. The maximum absolute atomic E-state index is 6.58. The summed E-state index contributed by atoms with van der Waals surface area (Å²) in [7, 11) is 0. The van der Waals surface area contributed by atoms with E-state index >= 15 is 0 Å². The van der Waals surface area contributed by atoms with Gasteiger partial charge in [-0.1, -0.05) is 140 Å². The van der Waals surface area contributed by atoms with Crippen LogP contribution in [0, 0.1) is 0 Å². The van der Waals surface area contributed by atoms with Crippen LogP contribution in [0.15, 0.2) is 191 Å². The SMILES string of the molecule is c1cc(-c2ccc3sc4nc(-c5cccc(-c6cccc7c6oc6ccc8ccccc8c67)c5)cnc4c3c2)cc(-c2cccc3c2oc2ccc4ccccc4c23)c1. The molecule has 4 aromatic heterocycles. The van der Waals surface area contributed by atoms with Crippen LogP contribution in [0.3, 0.4) is 0 Å². The van der Waals surface area contributed by atoms with E-state index in [-0.39, 0.29) is 0 Å². The predicted molar refractivity (Wildman–Crippen MR) is 246 cm³/mol. The first kappa shape index (κ1) is 32.5. The summed E-state index contributed by atoms with van der Waals surface area (Å²) in [6.45, 7) is 0. The Labute approximate surface area is 341 Å². The molecule has 0 saturated heterocycles. The van der Waals surface area contributed by atoms with Gasteiger partial charge in [-0.15, -0.1) is 11.3 Å². The number of furan rings is 2. The summed E-state index contributed by atoms with van der Waals surface area (Å²) < 4.78 is 14.3. The van der Waals surface area contributed by atoms with Gasteiger partial charge in [-0.25, -0.2) is 4.98 Å². The highest BCUT2D eigenvalue weighted by molar-refractivity contribution is 7.25. The van der Waals surface area contributed by atoms with E-state index in [2.05, 4.69) is 176 Å². The monoisotopic (exact) mass is 770 g/mol. The topological polar surface area (TPSA) is 52.1 Å². The summed E-state index contributed by atoms with van der Waals surface area (Å²) in [5.41, 5.74) is 13.0. The Balaban J connectivity index is 0.864. The second-order valence-electron chi connectivity index (χ2n) is 15.3. The van der Waals surface area contributed by atoms with E-state index in [1.165, 1.54) is 21.5 Å². The molecule has 9 aromatic carbocycles. The molecule has 0 aliphatic heterocycles. The van der Waals surface area contributed by atoms with Crippen molar-refractivity contribution in [1.29, 1.82) is 0 Å². The molecule has 13 aromatic rings. The van der Waals surface area contributed by atoms with E-state index in [4.69, 9.17) is 18.8 Å². The number of hydrogen-bond donors (Lipinski definition) is 0. The quantitative estimate of drug-likeness (QED) is 0.179. The average Bonchev–Trinajstić information content (AvgIpc) is 4.00. The van der Waals surface area contributed by atoms with Crippen molar-refractivity contribution in [2.24, 2.45) is 0 Å². The van der Waals surface area contributed by atoms with Crippen LogP contribution in [-0.2, 0) is 0 Å². The average molecular weight is 771 g/mol. The van der Waals surface area contributed by atoms with Crippen molar-refractivity contribution in [2.45, 2.75) is 0 Å². The lowest BCUT2D eigenvalue weighted by Crippen LogP contribution is -1.87. The predicted octanol–water partition coefficient (Wildman–Crippen LogP) is 15.6. The van der Waals surface area contributed by atoms with E-state index in [1.54, 1.807) is 11.3 Å². The third-order valence-electron chi connectivity index (χ3n) is 11.9. The minimum atomic E-state index is 0.842. The fourth-order valence-electron chi connectivity index (χ4n) is 9.16. The molecule has 0 saturated carbocycles. The van der Waals surface area contributed by atoms with Crippen LogP contribution in [0.25, 0.3) is 130 Å². The van der Waals surface area contributed by atoms with Gasteiger partial charge in [0.15, 0.2) is 0 Å². The van der Waals surface area contributed by atoms with Gasteiger partial charge in [0.05, 0.1) is 11.9 Å². The van der Waals surface area contributed by atoms with Crippen molar-refractivity contribution in [3.05, 3.63) is 182 Å². The number of rotatable bonds is 4. The molecule has 4 nitrogen and oxygen atoms in total. The second kappa shape index (κ2) is 12.4. The zero-order chi connectivity index (χ0) is 38.6. The third kappa shape index (κ3) is 4.95. The number of aromatic nitrogens is 2. The van der Waals surface area contributed by atoms with Crippen molar-refractivity contribution in [2.75, 3.05) is 0 Å². The van der Waals surface area contributed by atoms with Crippen molar-refractivity contribution >= 4 is 97.2 Å². The van der Waals surface area contributed by atoms with Gasteiger partial charge in [0, 0.05) is 48.3 Å². The minimum absolute atomic E-state index is 0.842. The normalized spacial score (nSPS) is 12.1. The molecule has 0 bridgehead atoms. The van der Waals surface area contributed by atoms with Gasteiger partial charge >= 0.3 is 0 Å². The van der Waals surface area contributed by atoms with Crippen LogP contribution in [0.4, 0.5) is 0 Å². The summed E-state index contributed by atoms with van der Waals surface area (Å²) in [5.74, 6) is 0. The highest BCUT2D eigenvalue weighted by Gasteiger charge is 2.18. The molecule has 0 aliphatic carbocycles. The van der Waals surface area contributed by atoms with Gasteiger partial charge in [0.25, 0.3) is 0 Å². The van der Waals surface area contributed by atoms with Crippen LogP contribution >= 0.6 is 11.3 Å². The highest BCUT2D eigenvalue weighted by Crippen LogP contribution is 2.43. The zero-order valence-corrected chi connectivity index (χ0v) is 32.3. The smallest absolute Gasteiger partial charge is 0.143 e. The van der Waals surface area contributed by atoms with E-state index in [1.807, 2.05) is 6.20 Å². The van der Waals surface area contributed by atoms with Crippen LogP contribution < -0.4 is 0 Å². The van der Waals surface area contributed by atoms with Crippen molar-refractivity contribution in [1.82, 2.24) is 9.97 Å². The van der Waals surface area contributed by atoms with Gasteiger partial charge in [0.1, 0.15) is 32.7 Å². The highest BCUT2D eigenvalue weighted by atomic mass is 32.1. The van der Waals surface area contributed by atoms with Crippen molar-refractivity contribution in [3.8, 4) is 44.6 Å². The standard InChI is InChI=1S/C54H30N2O2S/c1-3-15-38-31(9-1)21-24-46-49(38)42-19-7-17-40(52(42)57-46)35-12-5-11-33(27-35)34-23-26-48-44(29-34)51-54(59-48)56-45(30-55-51)37-14-6-13-36(28-37)41-18-8-20-43-50-39-16-4-2-10-32(39)22-25-47(50)58-53(41)43/h1-30H. The number of hydrogen-bond acceptors (Lipinski definition) is 5. The van der Waals surface area contributed by atoms with E-state index < -0.39 is 0 Å². The van der Waals surface area contributed by atoms with Gasteiger partial charge in [-0.05, 0) is 80.2 Å². The molecule has 0 N–H and O–H groups in total. The van der Waals surface area contributed by atoms with Gasteiger partial charge in [-0.2, -0.15) is 0 Å². The number of benzene rings is 9. The summed E-state index contributed by atoms with van der Waals surface area (Å²) in [4.78, 5) is 11.2. The third-order valence-corrected chi connectivity index (χ3v) is 13.0. The Morgan fingerprint density at radius 3 is 1.61 bits per heavy atom. The maximum Gasteiger partial charge on any atom is 0.143 e. The minimum Gasteiger partial charge on any atom is -0.455 e. The fourth-order valence-corrected chi connectivity index (χ4v) is 10.2. The lowest BCUT2D eigenvalue weighted by Gasteiger charge is -2.07. The van der Waals surface area contributed by atoms with Crippen molar-refractivity contribution in [3.63, 3.8) is 0 Å². The first-order chi connectivity index (χ1) is 29.2. The lowest BCUT2D eigenvalue weighted by atomic mass is 9.96. The first-order valence-electron chi connectivity index (χ1n) is 19.8.